The molecule has 6 nitrogen and oxygen atoms in total. The minimum absolute atomic E-state index is 0.290. The molecule has 0 aliphatic rings. The molecule has 0 bridgehead atoms. The number of halogens is 2. The summed E-state index contributed by atoms with van der Waals surface area (Å²) >= 11 is 3.75. The van der Waals surface area contributed by atoms with Crippen molar-refractivity contribution in [2.24, 2.45) is 5.92 Å². The fourth-order valence-electron chi connectivity index (χ4n) is 1.88. The van der Waals surface area contributed by atoms with Crippen molar-refractivity contribution in [2.75, 3.05) is 27.4 Å². The number of carboxylic acids is 2. The van der Waals surface area contributed by atoms with Crippen LogP contribution < -0.4 is 0 Å². The molecule has 0 fully saturated rings. The maximum absolute atomic E-state index is 11.6. The van der Waals surface area contributed by atoms with Gasteiger partial charge in [0.2, 0.25) is 0 Å². The molecule has 0 aliphatic carbocycles. The summed E-state index contributed by atoms with van der Waals surface area (Å²) in [5.41, 5.74) is 0. The SMILES string of the molecule is COCCC(CC(I)C(=O)O)C(I)(CCOC)C(=O)O. The smallest absolute Gasteiger partial charge is 0.319 e. The van der Waals surface area contributed by atoms with Gasteiger partial charge in [-0.15, -0.1) is 0 Å². The van der Waals surface area contributed by atoms with Gasteiger partial charge in [-0.25, -0.2) is 0 Å². The molecule has 0 spiro atoms. The Kier molecular flexibility index (Phi) is 10.3. The number of alkyl halides is 2. The molecule has 20 heavy (non-hydrogen) atoms. The average Bonchev–Trinajstić information content (AvgIpc) is 2.39. The molecule has 0 saturated heterocycles. The number of hydrogen-bond acceptors (Lipinski definition) is 4. The molecule has 0 amide bonds. The molecule has 3 unspecified atom stereocenters. The van der Waals surface area contributed by atoms with E-state index in [4.69, 9.17) is 14.6 Å². The molecule has 118 valence electrons. The first-order valence-electron chi connectivity index (χ1n) is 6.06. The quantitative estimate of drug-likeness (QED) is 0.325. The summed E-state index contributed by atoms with van der Waals surface area (Å²) < 4.78 is 8.32. The van der Waals surface area contributed by atoms with Gasteiger partial charge >= 0.3 is 11.9 Å². The Labute approximate surface area is 145 Å². The lowest BCUT2D eigenvalue weighted by Gasteiger charge is -2.33. The van der Waals surface area contributed by atoms with Crippen molar-refractivity contribution in [3.05, 3.63) is 0 Å². The largest absolute Gasteiger partial charge is 0.480 e. The maximum Gasteiger partial charge on any atom is 0.319 e. The first-order valence-corrected chi connectivity index (χ1v) is 8.39. The van der Waals surface area contributed by atoms with Gasteiger partial charge in [0.15, 0.2) is 0 Å². The van der Waals surface area contributed by atoms with Gasteiger partial charge in [0.05, 0.1) is 0 Å². The Morgan fingerprint density at radius 3 is 2.15 bits per heavy atom. The van der Waals surface area contributed by atoms with Gasteiger partial charge in [0.25, 0.3) is 0 Å². The van der Waals surface area contributed by atoms with Crippen LogP contribution in [0.4, 0.5) is 0 Å². The van der Waals surface area contributed by atoms with Crippen molar-refractivity contribution in [3.8, 4) is 0 Å². The van der Waals surface area contributed by atoms with Crippen LogP contribution in [0.1, 0.15) is 19.3 Å². The second kappa shape index (κ2) is 10.1. The molecule has 8 heteroatoms. The molecule has 0 aromatic carbocycles. The first kappa shape index (κ1) is 20.3. The van der Waals surface area contributed by atoms with Gasteiger partial charge in [-0.1, -0.05) is 45.2 Å². The fraction of sp³-hybridized carbons (Fsp3) is 0.833. The summed E-state index contributed by atoms with van der Waals surface area (Å²) in [5, 5.41) is 18.6. The van der Waals surface area contributed by atoms with E-state index in [0.717, 1.165) is 0 Å². The lowest BCUT2D eigenvalue weighted by atomic mass is 9.83. The summed E-state index contributed by atoms with van der Waals surface area (Å²) in [6.07, 6.45) is 1.12. The van der Waals surface area contributed by atoms with E-state index in [9.17, 15) is 14.7 Å². The van der Waals surface area contributed by atoms with E-state index in [1.165, 1.54) is 7.11 Å². The van der Waals surface area contributed by atoms with Crippen molar-refractivity contribution in [1.29, 1.82) is 0 Å². The van der Waals surface area contributed by atoms with Crippen LogP contribution in [0.15, 0.2) is 0 Å². The number of rotatable bonds is 11. The van der Waals surface area contributed by atoms with E-state index in [1.807, 2.05) is 45.2 Å². The topological polar surface area (TPSA) is 93.1 Å². The number of carbonyl (C=O) groups is 2. The number of ether oxygens (including phenoxy) is 2. The van der Waals surface area contributed by atoms with Crippen LogP contribution >= 0.6 is 45.2 Å². The van der Waals surface area contributed by atoms with Crippen molar-refractivity contribution in [1.82, 2.24) is 0 Å². The second-order valence-electron chi connectivity index (χ2n) is 4.43. The van der Waals surface area contributed by atoms with Crippen LogP contribution in [-0.4, -0.2) is 56.9 Å². The number of methoxy groups -OCH3 is 2. The standard InChI is InChI=1S/C12H20I2O6/c1-19-5-3-8(7-9(13)10(15)16)12(14,11(17)18)4-6-20-2/h8-9H,3-7H2,1-2H3,(H,15,16)(H,17,18). The van der Waals surface area contributed by atoms with Crippen molar-refractivity contribution in [3.63, 3.8) is 0 Å². The number of hydrogen-bond donors (Lipinski definition) is 2. The minimum Gasteiger partial charge on any atom is -0.480 e. The summed E-state index contributed by atoms with van der Waals surface area (Å²) in [6, 6.07) is 0. The van der Waals surface area contributed by atoms with Gasteiger partial charge in [0, 0.05) is 27.4 Å². The molecular weight excluding hydrogens is 494 g/mol. The predicted molar refractivity (Wildman–Crippen MR) is 90.9 cm³/mol. The van der Waals surface area contributed by atoms with E-state index in [2.05, 4.69) is 0 Å². The predicted octanol–water partition coefficient (Wildman–Crippen LogP) is 2.21. The van der Waals surface area contributed by atoms with Gasteiger partial charge in [-0.2, -0.15) is 0 Å². The highest BCUT2D eigenvalue weighted by Gasteiger charge is 2.44. The average molecular weight is 514 g/mol. The number of aliphatic carboxylic acids is 2. The molecule has 0 radical (unpaired) electrons. The normalized spacial score (nSPS) is 17.2. The highest BCUT2D eigenvalue weighted by Crippen LogP contribution is 2.39. The Morgan fingerprint density at radius 1 is 1.20 bits per heavy atom. The first-order chi connectivity index (χ1) is 9.29. The van der Waals surface area contributed by atoms with E-state index < -0.39 is 19.3 Å². The van der Waals surface area contributed by atoms with Crippen LogP contribution in [0, 0.1) is 5.92 Å². The monoisotopic (exact) mass is 514 g/mol. The zero-order valence-electron chi connectivity index (χ0n) is 11.5. The van der Waals surface area contributed by atoms with Gasteiger partial charge in [-0.3, -0.25) is 9.59 Å². The van der Waals surface area contributed by atoms with Crippen LogP contribution in [0.5, 0.6) is 0 Å². The highest BCUT2D eigenvalue weighted by atomic mass is 127. The van der Waals surface area contributed by atoms with Gasteiger partial charge in [-0.05, 0) is 25.2 Å². The molecule has 0 aromatic heterocycles. The van der Waals surface area contributed by atoms with Crippen molar-refractivity contribution in [2.45, 2.75) is 26.6 Å². The maximum atomic E-state index is 11.6. The van der Waals surface area contributed by atoms with Crippen LogP contribution in [0.2, 0.25) is 0 Å². The summed E-state index contributed by atoms with van der Waals surface area (Å²) in [4.78, 5) is 22.6. The fourth-order valence-corrected chi connectivity index (χ4v) is 3.28. The second-order valence-corrected chi connectivity index (χ2v) is 7.86. The molecule has 2 N–H and O–H groups in total. The lowest BCUT2D eigenvalue weighted by Crippen LogP contribution is -2.43. The molecular formula is C12H20I2O6. The number of carboxylic acid groups (broad SMARTS) is 2. The molecule has 0 aromatic rings. The van der Waals surface area contributed by atoms with E-state index in [-0.39, 0.29) is 12.3 Å². The third-order valence-electron chi connectivity index (χ3n) is 3.10. The third kappa shape index (κ3) is 6.39. The highest BCUT2D eigenvalue weighted by molar-refractivity contribution is 14.1. The lowest BCUT2D eigenvalue weighted by molar-refractivity contribution is -0.142. The van der Waals surface area contributed by atoms with Crippen molar-refractivity contribution < 1.29 is 29.3 Å². The van der Waals surface area contributed by atoms with E-state index >= 15 is 0 Å². The van der Waals surface area contributed by atoms with Crippen LogP contribution in [-0.2, 0) is 19.1 Å². The summed E-state index contributed by atoms with van der Waals surface area (Å²) in [6.45, 7) is 0.719. The van der Waals surface area contributed by atoms with Crippen LogP contribution in [0.25, 0.3) is 0 Å². The molecule has 0 heterocycles. The Balaban J connectivity index is 5.09. The van der Waals surface area contributed by atoms with Crippen molar-refractivity contribution >= 4 is 57.1 Å². The van der Waals surface area contributed by atoms with E-state index in [0.29, 0.717) is 26.1 Å². The van der Waals surface area contributed by atoms with Gasteiger partial charge in [0.1, 0.15) is 7.35 Å². The molecule has 0 rings (SSSR count). The Morgan fingerprint density at radius 2 is 1.75 bits per heavy atom. The summed E-state index contributed by atoms with van der Waals surface area (Å²) in [5.74, 6) is -2.16. The molecule has 0 aliphatic heterocycles. The Bertz CT molecular complexity index is 325. The Hall–Kier alpha value is 0.320. The van der Waals surface area contributed by atoms with E-state index in [1.54, 1.807) is 7.11 Å². The zero-order chi connectivity index (χ0) is 15.8. The van der Waals surface area contributed by atoms with Gasteiger partial charge < -0.3 is 19.7 Å². The van der Waals surface area contributed by atoms with Crippen LogP contribution in [0.3, 0.4) is 0 Å². The minimum atomic E-state index is -1.05. The third-order valence-corrected chi connectivity index (χ3v) is 6.03. The zero-order valence-corrected chi connectivity index (χ0v) is 15.8. The summed E-state index contributed by atoms with van der Waals surface area (Å²) in [7, 11) is 3.06. The molecule has 0 saturated carbocycles. The molecule has 3 atom stereocenters.